The number of unbranched alkanes of at least 4 members (excludes halogenated alkanes) is 12. The van der Waals surface area contributed by atoms with Crippen LogP contribution in [-0.2, 0) is 37.5 Å². The molecule has 0 saturated heterocycles. The first-order chi connectivity index (χ1) is 17.1. The van der Waals surface area contributed by atoms with E-state index in [1.165, 1.54) is 64.7 Å². The molecule has 12 heteroatoms. The molecule has 3 unspecified atom stereocenters. The van der Waals surface area contributed by atoms with Gasteiger partial charge in [0, 0.05) is 13.3 Å². The number of nitrogens with two attached hydrogens (primary N) is 1. The fourth-order valence-corrected chi connectivity index (χ4v) is 4.10. The molecule has 0 aromatic carbocycles. The van der Waals surface area contributed by atoms with Crippen molar-refractivity contribution in [1.82, 2.24) is 0 Å². The zero-order valence-corrected chi connectivity index (χ0v) is 22.8. The molecule has 0 rings (SSSR count). The third-order valence-corrected chi connectivity index (χ3v) is 6.36. The highest BCUT2D eigenvalue weighted by Gasteiger charge is 2.27. The maximum Gasteiger partial charge on any atom is 0.472 e. The van der Waals surface area contributed by atoms with Crippen LogP contribution in [0.15, 0.2) is 0 Å². The van der Waals surface area contributed by atoms with Gasteiger partial charge in [0.1, 0.15) is 12.6 Å². The van der Waals surface area contributed by atoms with Crippen molar-refractivity contribution >= 4 is 25.7 Å². The largest absolute Gasteiger partial charge is 0.480 e. The number of carbonyl (C=O) groups is 3. The Bertz CT molecular complexity index is 661. The maximum absolute atomic E-state index is 12.2. The van der Waals surface area contributed by atoms with Crippen LogP contribution in [0.5, 0.6) is 0 Å². The summed E-state index contributed by atoms with van der Waals surface area (Å²) >= 11 is 0. The van der Waals surface area contributed by atoms with E-state index in [9.17, 15) is 23.8 Å². The summed E-state index contributed by atoms with van der Waals surface area (Å²) in [5.41, 5.74) is 5.21. The van der Waals surface area contributed by atoms with Crippen molar-refractivity contribution in [2.45, 2.75) is 116 Å². The fourth-order valence-electron chi connectivity index (χ4n) is 3.32. The van der Waals surface area contributed by atoms with Crippen molar-refractivity contribution in [3.8, 4) is 0 Å². The Morgan fingerprint density at radius 3 is 1.75 bits per heavy atom. The van der Waals surface area contributed by atoms with Crippen LogP contribution in [-0.4, -0.2) is 59.9 Å². The summed E-state index contributed by atoms with van der Waals surface area (Å²) in [4.78, 5) is 43.6. The van der Waals surface area contributed by atoms with Crippen molar-refractivity contribution in [3.05, 3.63) is 0 Å². The minimum absolute atomic E-state index is 0.162. The van der Waals surface area contributed by atoms with Crippen LogP contribution in [0.1, 0.15) is 104 Å². The quantitative estimate of drug-likeness (QED) is 0.0896. The molecule has 0 fully saturated rings. The van der Waals surface area contributed by atoms with E-state index < -0.39 is 51.1 Å². The van der Waals surface area contributed by atoms with E-state index in [2.05, 4.69) is 11.4 Å². The van der Waals surface area contributed by atoms with Gasteiger partial charge in [-0.25, -0.2) is 4.57 Å². The van der Waals surface area contributed by atoms with Crippen LogP contribution in [0.25, 0.3) is 0 Å². The summed E-state index contributed by atoms with van der Waals surface area (Å²) in [7, 11) is -4.66. The predicted octanol–water partition coefficient (Wildman–Crippen LogP) is 4.49. The molecule has 0 aliphatic rings. The summed E-state index contributed by atoms with van der Waals surface area (Å²) in [6.45, 7) is 1.68. The summed E-state index contributed by atoms with van der Waals surface area (Å²) in [5, 5.41) is 8.69. The molecule has 0 spiro atoms. The third-order valence-electron chi connectivity index (χ3n) is 5.41. The Morgan fingerprint density at radius 1 is 0.806 bits per heavy atom. The van der Waals surface area contributed by atoms with E-state index in [1.807, 2.05) is 0 Å². The molecule has 0 radical (unpaired) electrons. The highest BCUT2D eigenvalue weighted by Crippen LogP contribution is 2.43. The van der Waals surface area contributed by atoms with Gasteiger partial charge in [-0.15, -0.1) is 0 Å². The molecule has 0 amide bonds. The monoisotopic (exact) mass is 539 g/mol. The average Bonchev–Trinajstić information content (AvgIpc) is 2.82. The lowest BCUT2D eigenvalue weighted by molar-refractivity contribution is -0.160. The predicted molar refractivity (Wildman–Crippen MR) is 134 cm³/mol. The lowest BCUT2D eigenvalue weighted by Gasteiger charge is -2.20. The Morgan fingerprint density at radius 2 is 1.28 bits per heavy atom. The van der Waals surface area contributed by atoms with E-state index in [1.54, 1.807) is 0 Å². The van der Waals surface area contributed by atoms with Gasteiger partial charge in [-0.1, -0.05) is 84.0 Å². The number of phosphoric acid groups is 1. The van der Waals surface area contributed by atoms with Gasteiger partial charge in [-0.2, -0.15) is 0 Å². The van der Waals surface area contributed by atoms with Crippen molar-refractivity contribution < 1.29 is 47.5 Å². The third kappa shape index (κ3) is 21.7. The molecule has 212 valence electrons. The van der Waals surface area contributed by atoms with Crippen molar-refractivity contribution in [1.29, 1.82) is 0 Å². The summed E-state index contributed by atoms with van der Waals surface area (Å²) in [6, 6.07) is -1.51. The molecule has 0 aliphatic heterocycles. The van der Waals surface area contributed by atoms with E-state index in [0.29, 0.717) is 6.42 Å². The highest BCUT2D eigenvalue weighted by molar-refractivity contribution is 7.47. The molecule has 36 heavy (non-hydrogen) atoms. The molecule has 0 bridgehead atoms. The van der Waals surface area contributed by atoms with Crippen molar-refractivity contribution in [2.75, 3.05) is 19.8 Å². The van der Waals surface area contributed by atoms with Crippen LogP contribution >= 0.6 is 7.82 Å². The fraction of sp³-hybridized carbons (Fsp3) is 0.875. The zero-order valence-electron chi connectivity index (χ0n) is 21.9. The van der Waals surface area contributed by atoms with Crippen LogP contribution in [0.4, 0.5) is 0 Å². The molecule has 0 saturated carbocycles. The Labute approximate surface area is 215 Å². The second-order valence-corrected chi connectivity index (χ2v) is 10.4. The SMILES string of the molecule is CCCCCCCCCCCCCCCC(=O)OC(COC(C)=O)COP(=O)(O)OCC(N)C(=O)O. The molecule has 3 atom stereocenters. The number of carbonyl (C=O) groups excluding carboxylic acids is 2. The van der Waals surface area contributed by atoms with Gasteiger partial charge in [0.05, 0.1) is 13.2 Å². The topological polar surface area (TPSA) is 172 Å². The van der Waals surface area contributed by atoms with Crippen LogP contribution in [0.2, 0.25) is 0 Å². The maximum atomic E-state index is 12.2. The number of hydrogen-bond acceptors (Lipinski definition) is 9. The average molecular weight is 540 g/mol. The Hall–Kier alpha value is -1.52. The van der Waals surface area contributed by atoms with Gasteiger partial charge in [0.2, 0.25) is 0 Å². The number of aliphatic carboxylic acids is 1. The number of phosphoric ester groups is 1. The summed E-state index contributed by atoms with van der Waals surface area (Å²) < 4.78 is 31.2. The van der Waals surface area contributed by atoms with E-state index in [4.69, 9.17) is 24.8 Å². The van der Waals surface area contributed by atoms with Crippen LogP contribution in [0, 0.1) is 0 Å². The van der Waals surface area contributed by atoms with Crippen molar-refractivity contribution in [3.63, 3.8) is 0 Å². The Kier molecular flexibility index (Phi) is 20.6. The molecular formula is C24H46NO10P. The molecule has 11 nitrogen and oxygen atoms in total. The number of esters is 2. The van der Waals surface area contributed by atoms with Crippen LogP contribution in [0.3, 0.4) is 0 Å². The molecule has 0 heterocycles. The molecular weight excluding hydrogens is 493 g/mol. The minimum atomic E-state index is -4.66. The molecule has 0 aromatic heterocycles. The van der Waals surface area contributed by atoms with E-state index in [0.717, 1.165) is 19.3 Å². The number of ether oxygens (including phenoxy) is 2. The first-order valence-electron chi connectivity index (χ1n) is 13.0. The van der Waals surface area contributed by atoms with Crippen molar-refractivity contribution in [2.24, 2.45) is 5.73 Å². The van der Waals surface area contributed by atoms with Gasteiger partial charge >= 0.3 is 25.7 Å². The molecule has 0 aliphatic carbocycles. The number of hydrogen-bond donors (Lipinski definition) is 3. The van der Waals surface area contributed by atoms with Crippen LogP contribution < -0.4 is 5.73 Å². The summed E-state index contributed by atoms with van der Waals surface area (Å²) in [6.07, 6.45) is 14.4. The highest BCUT2D eigenvalue weighted by atomic mass is 31.2. The normalized spacial score (nSPS) is 14.6. The Balaban J connectivity index is 4.11. The molecule has 4 N–H and O–H groups in total. The number of carboxylic acids is 1. The van der Waals surface area contributed by atoms with Gasteiger partial charge in [-0.3, -0.25) is 23.4 Å². The first-order valence-corrected chi connectivity index (χ1v) is 14.5. The van der Waals surface area contributed by atoms with Gasteiger partial charge < -0.3 is 25.2 Å². The van der Waals surface area contributed by atoms with Gasteiger partial charge in [0.15, 0.2) is 6.10 Å². The zero-order chi connectivity index (χ0) is 27.2. The second kappa shape index (κ2) is 21.6. The van der Waals surface area contributed by atoms with Gasteiger partial charge in [0.25, 0.3) is 0 Å². The lowest BCUT2D eigenvalue weighted by Crippen LogP contribution is -2.34. The number of carboxylic acid groups (broad SMARTS) is 1. The minimum Gasteiger partial charge on any atom is -0.480 e. The standard InChI is InChI=1S/C24H46NO10P/c1-3-4-5-6-7-8-9-10-11-12-13-14-15-16-23(27)35-21(17-32-20(2)26)18-33-36(30,31)34-19-22(25)24(28)29/h21-22H,3-19,25H2,1-2H3,(H,28,29)(H,30,31). The number of rotatable bonds is 24. The lowest BCUT2D eigenvalue weighted by atomic mass is 10.0. The second-order valence-electron chi connectivity index (χ2n) is 8.91. The first kappa shape index (κ1) is 34.5. The van der Waals surface area contributed by atoms with Gasteiger partial charge in [-0.05, 0) is 6.42 Å². The molecule has 0 aromatic rings. The smallest absolute Gasteiger partial charge is 0.472 e. The van der Waals surface area contributed by atoms with E-state index in [-0.39, 0.29) is 13.0 Å². The van der Waals surface area contributed by atoms with E-state index >= 15 is 0 Å². The summed E-state index contributed by atoms with van der Waals surface area (Å²) in [5.74, 6) is -2.58.